The molecule has 6 nitrogen and oxygen atoms in total. The number of likely N-dealkylation sites (tertiary alicyclic amines) is 1. The first-order chi connectivity index (χ1) is 11.5. The van der Waals surface area contributed by atoms with Crippen molar-refractivity contribution in [3.05, 3.63) is 29.3 Å². The number of hydrogen-bond donors (Lipinski definition) is 1. The third kappa shape index (κ3) is 4.13. The maximum absolute atomic E-state index is 12.6. The lowest BCUT2D eigenvalue weighted by atomic mass is 9.96. The summed E-state index contributed by atoms with van der Waals surface area (Å²) in [5.41, 5.74) is 1.25. The van der Waals surface area contributed by atoms with E-state index < -0.39 is 0 Å². The second-order valence-corrected chi connectivity index (χ2v) is 6.05. The Morgan fingerprint density at radius 3 is 2.71 bits per heavy atom. The molecule has 0 unspecified atom stereocenters. The number of hydrogen-bond acceptors (Lipinski definition) is 4. The number of rotatable bonds is 5. The minimum atomic E-state index is -0.154. The lowest BCUT2D eigenvalue weighted by Crippen LogP contribution is -2.45. The van der Waals surface area contributed by atoms with Crippen molar-refractivity contribution in [1.82, 2.24) is 10.2 Å². The maximum atomic E-state index is 12.6. The largest absolute Gasteiger partial charge is 0.496 e. The maximum Gasteiger partial charge on any atom is 0.227 e. The van der Waals surface area contributed by atoms with Crippen LogP contribution in [-0.2, 0) is 16.0 Å². The zero-order valence-corrected chi connectivity index (χ0v) is 14.4. The topological polar surface area (TPSA) is 75.7 Å². The Morgan fingerprint density at radius 2 is 2.08 bits per heavy atom. The van der Waals surface area contributed by atoms with E-state index >= 15 is 0 Å². The standard InChI is InChI=1S/C18H24N2O4/c1-12(21)13-6-7-16(24-3)15(9-13)10-17(22)20-8-4-5-14(11-20)18(23)19-2/h6-7,9,14H,4-5,8,10-11H2,1-3H3,(H,19,23)/t14-/m0/s1. The predicted molar refractivity (Wildman–Crippen MR) is 90.1 cm³/mol. The molecule has 1 atom stereocenters. The summed E-state index contributed by atoms with van der Waals surface area (Å²) in [6, 6.07) is 5.11. The number of carbonyl (C=O) groups excluding carboxylic acids is 3. The van der Waals surface area contributed by atoms with Gasteiger partial charge in [0.1, 0.15) is 5.75 Å². The van der Waals surface area contributed by atoms with Crippen molar-refractivity contribution in [3.63, 3.8) is 0 Å². The molecule has 1 fully saturated rings. The Morgan fingerprint density at radius 1 is 1.33 bits per heavy atom. The molecule has 0 aromatic heterocycles. The normalized spacial score (nSPS) is 17.3. The molecule has 1 N–H and O–H groups in total. The van der Waals surface area contributed by atoms with Gasteiger partial charge in [-0.1, -0.05) is 0 Å². The van der Waals surface area contributed by atoms with Crippen LogP contribution in [0, 0.1) is 5.92 Å². The van der Waals surface area contributed by atoms with Crippen LogP contribution in [0.4, 0.5) is 0 Å². The highest BCUT2D eigenvalue weighted by Gasteiger charge is 2.28. The predicted octanol–water partition coefficient (Wildman–Crippen LogP) is 1.42. The fraction of sp³-hybridized carbons (Fsp3) is 0.500. The van der Waals surface area contributed by atoms with E-state index in [4.69, 9.17) is 4.74 Å². The first-order valence-electron chi connectivity index (χ1n) is 8.13. The molecule has 0 aliphatic carbocycles. The molecule has 130 valence electrons. The van der Waals surface area contributed by atoms with Gasteiger partial charge in [-0.05, 0) is 38.0 Å². The summed E-state index contributed by atoms with van der Waals surface area (Å²) in [7, 11) is 3.15. The van der Waals surface area contributed by atoms with Gasteiger partial charge in [0.15, 0.2) is 5.78 Å². The minimum Gasteiger partial charge on any atom is -0.496 e. The number of methoxy groups -OCH3 is 1. The lowest BCUT2D eigenvalue weighted by Gasteiger charge is -2.32. The van der Waals surface area contributed by atoms with E-state index in [-0.39, 0.29) is 29.9 Å². The van der Waals surface area contributed by atoms with Gasteiger partial charge in [-0.2, -0.15) is 0 Å². The molecular weight excluding hydrogens is 308 g/mol. The Hall–Kier alpha value is -2.37. The zero-order chi connectivity index (χ0) is 17.7. The molecular formula is C18H24N2O4. The molecule has 0 bridgehead atoms. The number of amides is 2. The van der Waals surface area contributed by atoms with Crippen molar-refractivity contribution in [3.8, 4) is 5.75 Å². The van der Waals surface area contributed by atoms with Gasteiger partial charge < -0.3 is 15.0 Å². The molecule has 2 rings (SSSR count). The summed E-state index contributed by atoms with van der Waals surface area (Å²) in [6.07, 6.45) is 1.77. The number of piperidine rings is 1. The van der Waals surface area contributed by atoms with Gasteiger partial charge in [0.05, 0.1) is 19.4 Å². The van der Waals surface area contributed by atoms with Gasteiger partial charge in [-0.15, -0.1) is 0 Å². The van der Waals surface area contributed by atoms with Gasteiger partial charge in [0.2, 0.25) is 11.8 Å². The van der Waals surface area contributed by atoms with Crippen molar-refractivity contribution >= 4 is 17.6 Å². The number of carbonyl (C=O) groups is 3. The third-order valence-electron chi connectivity index (χ3n) is 4.42. The molecule has 2 amide bonds. The molecule has 0 saturated carbocycles. The van der Waals surface area contributed by atoms with Gasteiger partial charge in [0.25, 0.3) is 0 Å². The van der Waals surface area contributed by atoms with Crippen molar-refractivity contribution in [2.24, 2.45) is 5.92 Å². The van der Waals surface area contributed by atoms with E-state index in [2.05, 4.69) is 5.32 Å². The SMILES string of the molecule is CNC(=O)[C@H]1CCCN(C(=O)Cc2cc(C(C)=O)ccc2OC)C1. The van der Waals surface area contributed by atoms with Crippen LogP contribution in [-0.4, -0.2) is 49.7 Å². The Bertz CT molecular complexity index is 642. The van der Waals surface area contributed by atoms with E-state index in [0.29, 0.717) is 30.0 Å². The van der Waals surface area contributed by atoms with Crippen molar-refractivity contribution in [1.29, 1.82) is 0 Å². The molecule has 0 radical (unpaired) electrons. The zero-order valence-electron chi connectivity index (χ0n) is 14.4. The first-order valence-corrected chi connectivity index (χ1v) is 8.13. The fourth-order valence-electron chi connectivity index (χ4n) is 3.03. The minimum absolute atomic E-state index is 0.0244. The highest BCUT2D eigenvalue weighted by Crippen LogP contribution is 2.23. The third-order valence-corrected chi connectivity index (χ3v) is 4.42. The van der Waals surface area contributed by atoms with Crippen LogP contribution in [0.3, 0.4) is 0 Å². The summed E-state index contributed by atoms with van der Waals surface area (Å²) in [5, 5.41) is 2.65. The van der Waals surface area contributed by atoms with E-state index in [0.717, 1.165) is 12.8 Å². The first kappa shape index (κ1) is 18.0. The average molecular weight is 332 g/mol. The molecule has 1 aromatic rings. The van der Waals surface area contributed by atoms with E-state index in [1.54, 1.807) is 37.3 Å². The molecule has 1 aliphatic rings. The smallest absolute Gasteiger partial charge is 0.227 e. The number of ketones is 1. The molecule has 24 heavy (non-hydrogen) atoms. The van der Waals surface area contributed by atoms with Gasteiger partial charge >= 0.3 is 0 Å². The van der Waals surface area contributed by atoms with Crippen molar-refractivity contribution in [2.75, 3.05) is 27.2 Å². The summed E-state index contributed by atoms with van der Waals surface area (Å²) in [5.74, 6) is 0.307. The number of Topliss-reactive ketones (excluding diaryl/α,β-unsaturated/α-hetero) is 1. The van der Waals surface area contributed by atoms with Crippen LogP contribution in [0.25, 0.3) is 0 Å². The molecule has 6 heteroatoms. The molecule has 1 aromatic carbocycles. The summed E-state index contributed by atoms with van der Waals surface area (Å²) < 4.78 is 5.30. The Balaban J connectivity index is 2.12. The van der Waals surface area contributed by atoms with Gasteiger partial charge in [-0.25, -0.2) is 0 Å². The summed E-state index contributed by atoms with van der Waals surface area (Å²) >= 11 is 0. The fourth-order valence-corrected chi connectivity index (χ4v) is 3.03. The number of benzene rings is 1. The molecule has 1 saturated heterocycles. The quantitative estimate of drug-likeness (QED) is 0.828. The Labute approximate surface area is 142 Å². The van der Waals surface area contributed by atoms with Crippen LogP contribution >= 0.6 is 0 Å². The second-order valence-electron chi connectivity index (χ2n) is 6.05. The highest BCUT2D eigenvalue weighted by molar-refractivity contribution is 5.94. The van der Waals surface area contributed by atoms with Crippen LogP contribution in [0.1, 0.15) is 35.7 Å². The second kappa shape index (κ2) is 7.95. The number of nitrogens with zero attached hydrogens (tertiary/aromatic N) is 1. The van der Waals surface area contributed by atoms with Gasteiger partial charge in [0, 0.05) is 31.3 Å². The van der Waals surface area contributed by atoms with Crippen LogP contribution in [0.2, 0.25) is 0 Å². The van der Waals surface area contributed by atoms with E-state index in [1.807, 2.05) is 0 Å². The number of ether oxygens (including phenoxy) is 1. The average Bonchev–Trinajstić information content (AvgIpc) is 2.60. The van der Waals surface area contributed by atoms with Crippen LogP contribution in [0.15, 0.2) is 18.2 Å². The van der Waals surface area contributed by atoms with E-state index in [9.17, 15) is 14.4 Å². The van der Waals surface area contributed by atoms with Crippen molar-refractivity contribution < 1.29 is 19.1 Å². The molecule has 1 aliphatic heterocycles. The van der Waals surface area contributed by atoms with E-state index in [1.165, 1.54) is 6.92 Å². The number of nitrogens with one attached hydrogen (secondary N) is 1. The summed E-state index contributed by atoms with van der Waals surface area (Å²) in [4.78, 5) is 37.7. The monoisotopic (exact) mass is 332 g/mol. The van der Waals surface area contributed by atoms with Crippen LogP contribution < -0.4 is 10.1 Å². The van der Waals surface area contributed by atoms with Gasteiger partial charge in [-0.3, -0.25) is 14.4 Å². The molecule has 1 heterocycles. The van der Waals surface area contributed by atoms with Crippen LogP contribution in [0.5, 0.6) is 5.75 Å². The lowest BCUT2D eigenvalue weighted by molar-refractivity contribution is -0.135. The molecule has 0 spiro atoms. The Kier molecular flexibility index (Phi) is 5.95. The summed E-state index contributed by atoms with van der Waals surface area (Å²) in [6.45, 7) is 2.58. The van der Waals surface area contributed by atoms with Crippen molar-refractivity contribution in [2.45, 2.75) is 26.2 Å². The highest BCUT2D eigenvalue weighted by atomic mass is 16.5.